The van der Waals surface area contributed by atoms with Gasteiger partial charge in [0.15, 0.2) is 0 Å². The van der Waals surface area contributed by atoms with Crippen molar-refractivity contribution in [2.45, 2.75) is 39.5 Å². The fraction of sp³-hybridized carbons (Fsp3) is 0.857. The third-order valence-electron chi connectivity index (χ3n) is 2.37. The van der Waals surface area contributed by atoms with Crippen LogP contribution in [0.4, 0.5) is 9.59 Å². The number of unbranched alkanes of at least 4 members (excludes halogenated alkanes) is 2. The lowest BCUT2D eigenvalue weighted by molar-refractivity contribution is -0.494. The first kappa shape index (κ1) is 23.5. The molecule has 0 aliphatic carbocycles. The van der Waals surface area contributed by atoms with Crippen LogP contribution in [0.3, 0.4) is 0 Å². The standard InChI is InChI=1S/C14H26O11/c1-3-5-7-17-9-11-19-24-22-13(15)21-14(16)23-25-20-12-10-18-8-6-4-2/h3-12H2,1-2H3. The lowest BCUT2D eigenvalue weighted by Gasteiger charge is -2.04. The highest BCUT2D eigenvalue weighted by molar-refractivity contribution is 5.76. The first-order chi connectivity index (χ1) is 12.2. The molecule has 0 N–H and O–H groups in total. The first-order valence-electron chi connectivity index (χ1n) is 8.04. The maximum Gasteiger partial charge on any atom is 0.553 e. The van der Waals surface area contributed by atoms with E-state index in [9.17, 15) is 9.59 Å². The topological polar surface area (TPSA) is 117 Å². The number of hydrogen-bond donors (Lipinski definition) is 0. The monoisotopic (exact) mass is 370 g/mol. The molecule has 0 heterocycles. The number of hydrogen-bond acceptors (Lipinski definition) is 11. The van der Waals surface area contributed by atoms with Crippen molar-refractivity contribution in [1.82, 2.24) is 0 Å². The molecule has 0 spiro atoms. The molecular formula is C14H26O11. The molecule has 0 saturated carbocycles. The van der Waals surface area contributed by atoms with Gasteiger partial charge in [-0.25, -0.2) is 9.78 Å². The number of carbonyl (C=O) groups is 2. The molecule has 0 fully saturated rings. The van der Waals surface area contributed by atoms with Crippen LogP contribution in [0.1, 0.15) is 39.5 Å². The second kappa shape index (κ2) is 18.8. The zero-order chi connectivity index (χ0) is 18.6. The molecule has 0 aromatic rings. The number of rotatable bonds is 16. The predicted molar refractivity (Wildman–Crippen MR) is 79.6 cm³/mol. The van der Waals surface area contributed by atoms with E-state index in [1.54, 1.807) is 0 Å². The minimum Gasteiger partial charge on any atom is -0.379 e. The molecule has 11 nitrogen and oxygen atoms in total. The van der Waals surface area contributed by atoms with Crippen molar-refractivity contribution in [3.63, 3.8) is 0 Å². The number of carbonyl (C=O) groups excluding carboxylic acids is 2. The molecule has 0 aliphatic rings. The second-order valence-electron chi connectivity index (χ2n) is 4.48. The highest BCUT2D eigenvalue weighted by Crippen LogP contribution is 1.95. The third-order valence-corrected chi connectivity index (χ3v) is 2.37. The van der Waals surface area contributed by atoms with Crippen molar-refractivity contribution in [3.8, 4) is 0 Å². The smallest absolute Gasteiger partial charge is 0.379 e. The fourth-order valence-corrected chi connectivity index (χ4v) is 1.16. The quantitative estimate of drug-likeness (QED) is 0.131. The predicted octanol–water partition coefficient (Wildman–Crippen LogP) is 2.64. The molecule has 0 aromatic carbocycles. The molecule has 0 aromatic heterocycles. The van der Waals surface area contributed by atoms with E-state index in [0.717, 1.165) is 25.7 Å². The summed E-state index contributed by atoms with van der Waals surface area (Å²) < 4.78 is 14.3. The van der Waals surface area contributed by atoms with Gasteiger partial charge in [-0.1, -0.05) is 26.7 Å². The molecule has 11 heteroatoms. The Hall–Kier alpha value is -1.50. The van der Waals surface area contributed by atoms with E-state index >= 15 is 0 Å². The molecule has 148 valence electrons. The van der Waals surface area contributed by atoms with Crippen molar-refractivity contribution in [1.29, 1.82) is 0 Å². The molecule has 0 aliphatic heterocycles. The van der Waals surface area contributed by atoms with E-state index in [-0.39, 0.29) is 26.4 Å². The maximum atomic E-state index is 11.0. The van der Waals surface area contributed by atoms with Crippen LogP contribution < -0.4 is 0 Å². The zero-order valence-electron chi connectivity index (χ0n) is 14.6. The van der Waals surface area contributed by atoms with Gasteiger partial charge in [-0.2, -0.15) is 19.4 Å². The summed E-state index contributed by atoms with van der Waals surface area (Å²) in [7, 11) is 0. The van der Waals surface area contributed by atoms with Crippen LogP contribution in [0, 0.1) is 0 Å². The van der Waals surface area contributed by atoms with Gasteiger partial charge in [0.2, 0.25) is 0 Å². The van der Waals surface area contributed by atoms with Crippen LogP contribution in [0.2, 0.25) is 0 Å². The Morgan fingerprint density at radius 2 is 1.08 bits per heavy atom. The van der Waals surface area contributed by atoms with Crippen molar-refractivity contribution >= 4 is 12.3 Å². The molecule has 25 heavy (non-hydrogen) atoms. The van der Waals surface area contributed by atoms with Crippen molar-refractivity contribution in [2.75, 3.05) is 39.6 Å². The summed E-state index contributed by atoms with van der Waals surface area (Å²) in [6.45, 7) is 5.84. The van der Waals surface area contributed by atoms with Gasteiger partial charge in [0, 0.05) is 13.2 Å². The number of ether oxygens (including phenoxy) is 3. The Balaban J connectivity index is 3.34. The van der Waals surface area contributed by atoms with Crippen LogP contribution in [0.15, 0.2) is 0 Å². The van der Waals surface area contributed by atoms with Crippen molar-refractivity contribution in [3.05, 3.63) is 0 Å². The Labute approximate surface area is 146 Å². The Kier molecular flexibility index (Phi) is 17.7. The van der Waals surface area contributed by atoms with Gasteiger partial charge in [0.1, 0.15) is 13.2 Å². The summed E-state index contributed by atoms with van der Waals surface area (Å²) in [4.78, 5) is 38.8. The van der Waals surface area contributed by atoms with Gasteiger partial charge >= 0.3 is 12.3 Å². The third kappa shape index (κ3) is 18.7. The highest BCUT2D eigenvalue weighted by Gasteiger charge is 2.16. The minimum absolute atomic E-state index is 0.0265. The molecule has 0 unspecified atom stereocenters. The average molecular weight is 370 g/mol. The van der Waals surface area contributed by atoms with Gasteiger partial charge in [-0.15, -0.1) is 0 Å². The van der Waals surface area contributed by atoms with E-state index in [0.29, 0.717) is 13.2 Å². The molecule has 0 amide bonds. The van der Waals surface area contributed by atoms with Crippen LogP contribution in [0.5, 0.6) is 0 Å². The van der Waals surface area contributed by atoms with E-state index < -0.39 is 12.3 Å². The molecule has 0 radical (unpaired) electrons. The fourth-order valence-electron chi connectivity index (χ4n) is 1.16. The van der Waals surface area contributed by atoms with Gasteiger partial charge in [-0.05, 0) is 22.9 Å². The summed E-state index contributed by atoms with van der Waals surface area (Å²) in [6, 6.07) is 0. The van der Waals surface area contributed by atoms with Gasteiger partial charge in [-0.3, -0.25) is 0 Å². The van der Waals surface area contributed by atoms with E-state index in [1.165, 1.54) is 0 Å². The van der Waals surface area contributed by atoms with E-state index in [4.69, 9.17) is 9.47 Å². The molecular weight excluding hydrogens is 344 g/mol. The van der Waals surface area contributed by atoms with Crippen LogP contribution in [-0.2, 0) is 43.8 Å². The average Bonchev–Trinajstić information content (AvgIpc) is 2.59. The van der Waals surface area contributed by atoms with Gasteiger partial charge < -0.3 is 14.2 Å². The summed E-state index contributed by atoms with van der Waals surface area (Å²) in [5, 5.41) is 8.08. The van der Waals surface area contributed by atoms with Crippen LogP contribution in [0.25, 0.3) is 0 Å². The van der Waals surface area contributed by atoms with Crippen LogP contribution in [-0.4, -0.2) is 52.0 Å². The lowest BCUT2D eigenvalue weighted by atomic mass is 10.4. The first-order valence-corrected chi connectivity index (χ1v) is 8.04. The van der Waals surface area contributed by atoms with Crippen molar-refractivity contribution < 1.29 is 53.4 Å². The second-order valence-corrected chi connectivity index (χ2v) is 4.48. The largest absolute Gasteiger partial charge is 0.553 e. The molecule has 0 atom stereocenters. The summed E-state index contributed by atoms with van der Waals surface area (Å²) in [6.07, 6.45) is 0.882. The maximum absolute atomic E-state index is 11.0. The Morgan fingerprint density at radius 3 is 1.48 bits per heavy atom. The normalized spacial score (nSPS) is 10.5. The lowest BCUT2D eigenvalue weighted by Crippen LogP contribution is -2.17. The Morgan fingerprint density at radius 1 is 0.640 bits per heavy atom. The molecule has 0 bridgehead atoms. The van der Waals surface area contributed by atoms with E-state index in [2.05, 4.69) is 34.4 Å². The molecule has 0 saturated heterocycles. The van der Waals surface area contributed by atoms with Gasteiger partial charge in [0.25, 0.3) is 0 Å². The van der Waals surface area contributed by atoms with Crippen LogP contribution >= 0.6 is 0 Å². The Bertz CT molecular complexity index is 294. The summed E-state index contributed by atoms with van der Waals surface area (Å²) in [5.41, 5.74) is 0. The SMILES string of the molecule is CCCCOCCOOOC(=O)OC(=O)OOOCCOCCCC. The minimum atomic E-state index is -1.51. The highest BCUT2D eigenvalue weighted by atomic mass is 17.5. The summed E-state index contributed by atoms with van der Waals surface area (Å²) >= 11 is 0. The molecule has 0 rings (SSSR count). The van der Waals surface area contributed by atoms with Crippen molar-refractivity contribution in [2.24, 2.45) is 0 Å². The zero-order valence-corrected chi connectivity index (χ0v) is 14.6. The summed E-state index contributed by atoms with van der Waals surface area (Å²) in [5.74, 6) is 0. The van der Waals surface area contributed by atoms with E-state index in [1.807, 2.05) is 13.8 Å². The van der Waals surface area contributed by atoms with Gasteiger partial charge in [0.05, 0.1) is 13.2 Å².